The first-order valence-corrected chi connectivity index (χ1v) is 7.86. The van der Waals surface area contributed by atoms with Gasteiger partial charge in [0.2, 0.25) is 0 Å². The van der Waals surface area contributed by atoms with Gasteiger partial charge in [0.05, 0.1) is 12.1 Å². The number of amides is 1. The number of phenols is 1. The number of hydrogen-bond acceptors (Lipinski definition) is 5. The van der Waals surface area contributed by atoms with Crippen LogP contribution in [0.25, 0.3) is 16.0 Å². The lowest BCUT2D eigenvalue weighted by Crippen LogP contribution is -2.43. The summed E-state index contributed by atoms with van der Waals surface area (Å²) in [6, 6.07) is 4.65. The first-order valence-electron chi connectivity index (χ1n) is 7.86. The fourth-order valence-corrected chi connectivity index (χ4v) is 2.69. The van der Waals surface area contributed by atoms with E-state index in [1.54, 1.807) is 18.5 Å². The van der Waals surface area contributed by atoms with E-state index in [2.05, 4.69) is 25.5 Å². The van der Waals surface area contributed by atoms with Crippen LogP contribution in [0.3, 0.4) is 0 Å². The molecule has 1 aromatic carbocycles. The molecular weight excluding hydrogens is 318 g/mol. The Kier molecular flexibility index (Phi) is 4.61. The van der Waals surface area contributed by atoms with Crippen LogP contribution in [-0.4, -0.2) is 35.0 Å². The van der Waals surface area contributed by atoms with Crippen molar-refractivity contribution < 1.29 is 9.90 Å². The average molecular weight is 335 g/mol. The highest BCUT2D eigenvalue weighted by atomic mass is 16.3. The van der Waals surface area contributed by atoms with Gasteiger partial charge < -0.3 is 10.4 Å². The minimum atomic E-state index is -0.519. The Morgan fingerprint density at radius 3 is 2.92 bits per heavy atom. The van der Waals surface area contributed by atoms with E-state index in [4.69, 9.17) is 6.57 Å². The Labute approximate surface area is 145 Å². The number of carbonyl (C=O) groups excluding carboxylic acids is 1. The number of guanidine groups is 1. The minimum Gasteiger partial charge on any atom is -0.507 e. The van der Waals surface area contributed by atoms with Gasteiger partial charge >= 0.3 is 0 Å². The van der Waals surface area contributed by atoms with Crippen LogP contribution < -0.4 is 10.6 Å². The lowest BCUT2D eigenvalue weighted by molar-refractivity contribution is 0.0973. The molecule has 0 spiro atoms. The number of hydrogen-bond donors (Lipinski definition) is 3. The molecule has 3 rings (SSSR count). The third kappa shape index (κ3) is 3.28. The fraction of sp³-hybridized carbons (Fsp3) is 0.222. The van der Waals surface area contributed by atoms with Crippen molar-refractivity contribution >= 4 is 17.6 Å². The van der Waals surface area contributed by atoms with Gasteiger partial charge in [-0.15, -0.1) is 0 Å². The molecule has 3 N–H and O–H groups in total. The number of carbonyl (C=O) groups is 1. The number of aryl methyl sites for hydroxylation is 1. The smallest absolute Gasteiger partial charge is 0.261 e. The van der Waals surface area contributed by atoms with E-state index in [9.17, 15) is 9.90 Å². The SMILES string of the molecule is [C-]#[N+]c1ccc(O)c(C(=O)NC2=NCCCN2)c1-c1cnccc1C. The number of aromatic nitrogens is 1. The van der Waals surface area contributed by atoms with Crippen LogP contribution in [0.1, 0.15) is 22.3 Å². The molecule has 126 valence electrons. The van der Waals surface area contributed by atoms with E-state index in [1.165, 1.54) is 12.1 Å². The van der Waals surface area contributed by atoms with Crippen LogP contribution in [0.4, 0.5) is 5.69 Å². The Balaban J connectivity index is 2.12. The van der Waals surface area contributed by atoms with Gasteiger partial charge in [0.25, 0.3) is 5.91 Å². The summed E-state index contributed by atoms with van der Waals surface area (Å²) in [6.45, 7) is 10.6. The van der Waals surface area contributed by atoms with Crippen LogP contribution in [0.2, 0.25) is 0 Å². The molecule has 0 unspecified atom stereocenters. The van der Waals surface area contributed by atoms with E-state index in [1.807, 2.05) is 6.92 Å². The summed E-state index contributed by atoms with van der Waals surface area (Å²) in [6.07, 6.45) is 4.13. The first-order chi connectivity index (χ1) is 12.1. The van der Waals surface area contributed by atoms with Gasteiger partial charge in [0.15, 0.2) is 11.6 Å². The van der Waals surface area contributed by atoms with E-state index in [0.29, 0.717) is 23.6 Å². The molecule has 0 saturated heterocycles. The highest BCUT2D eigenvalue weighted by molar-refractivity contribution is 6.12. The zero-order valence-corrected chi connectivity index (χ0v) is 13.7. The molecule has 25 heavy (non-hydrogen) atoms. The highest BCUT2D eigenvalue weighted by Crippen LogP contribution is 2.39. The second-order valence-electron chi connectivity index (χ2n) is 5.62. The molecule has 7 heteroatoms. The molecule has 0 saturated carbocycles. The largest absolute Gasteiger partial charge is 0.507 e. The minimum absolute atomic E-state index is 0.0414. The number of phenolic OH excluding ortho intramolecular Hbond substituents is 1. The number of aliphatic imine (C=N–C) groups is 1. The molecule has 0 atom stereocenters. The second-order valence-corrected chi connectivity index (χ2v) is 5.62. The summed E-state index contributed by atoms with van der Waals surface area (Å²) in [5, 5.41) is 16.0. The topological polar surface area (TPSA) is 91.0 Å². The predicted octanol–water partition coefficient (Wildman–Crippen LogP) is 2.39. The van der Waals surface area contributed by atoms with Crippen molar-refractivity contribution in [3.05, 3.63) is 53.1 Å². The number of nitrogens with zero attached hydrogens (tertiary/aromatic N) is 3. The number of nitrogens with one attached hydrogen (secondary N) is 2. The average Bonchev–Trinajstić information content (AvgIpc) is 2.62. The maximum absolute atomic E-state index is 12.8. The van der Waals surface area contributed by atoms with Crippen molar-refractivity contribution in [2.24, 2.45) is 4.99 Å². The lowest BCUT2D eigenvalue weighted by atomic mass is 9.94. The molecule has 7 nitrogen and oxygen atoms in total. The van der Waals surface area contributed by atoms with Gasteiger partial charge in [-0.3, -0.25) is 20.1 Å². The van der Waals surface area contributed by atoms with Crippen LogP contribution in [0.5, 0.6) is 5.75 Å². The summed E-state index contributed by atoms with van der Waals surface area (Å²) < 4.78 is 0. The molecule has 0 bridgehead atoms. The molecule has 1 aliphatic rings. The summed E-state index contributed by atoms with van der Waals surface area (Å²) in [5.74, 6) is -0.341. The Morgan fingerprint density at radius 2 is 2.24 bits per heavy atom. The monoisotopic (exact) mass is 335 g/mol. The molecule has 1 aromatic heterocycles. The maximum Gasteiger partial charge on any atom is 0.261 e. The Hall–Kier alpha value is -3.40. The summed E-state index contributed by atoms with van der Waals surface area (Å²) in [7, 11) is 0. The maximum atomic E-state index is 12.8. The normalized spacial score (nSPS) is 13.4. The van der Waals surface area contributed by atoms with Crippen LogP contribution in [-0.2, 0) is 0 Å². The third-order valence-electron chi connectivity index (χ3n) is 3.95. The lowest BCUT2D eigenvalue weighted by Gasteiger charge is -2.18. The number of aromatic hydroxyl groups is 1. The third-order valence-corrected chi connectivity index (χ3v) is 3.95. The van der Waals surface area contributed by atoms with Crippen molar-refractivity contribution in [1.29, 1.82) is 0 Å². The van der Waals surface area contributed by atoms with Crippen LogP contribution in [0.15, 0.2) is 35.6 Å². The van der Waals surface area contributed by atoms with E-state index in [-0.39, 0.29) is 17.0 Å². The van der Waals surface area contributed by atoms with E-state index < -0.39 is 5.91 Å². The van der Waals surface area contributed by atoms with Crippen molar-refractivity contribution in [3.63, 3.8) is 0 Å². The van der Waals surface area contributed by atoms with Gasteiger partial charge in [-0.05, 0) is 36.6 Å². The van der Waals surface area contributed by atoms with Crippen LogP contribution in [0, 0.1) is 13.5 Å². The number of rotatable bonds is 2. The van der Waals surface area contributed by atoms with E-state index >= 15 is 0 Å². The Morgan fingerprint density at radius 1 is 1.40 bits per heavy atom. The summed E-state index contributed by atoms with van der Waals surface area (Å²) >= 11 is 0. The summed E-state index contributed by atoms with van der Waals surface area (Å²) in [4.78, 5) is 24.6. The van der Waals surface area contributed by atoms with Gasteiger partial charge in [-0.2, -0.15) is 0 Å². The first kappa shape index (κ1) is 16.5. The van der Waals surface area contributed by atoms with Gasteiger partial charge in [-0.25, -0.2) is 4.85 Å². The number of benzene rings is 1. The molecular formula is C18H17N5O2. The Bertz CT molecular complexity index is 899. The molecule has 0 aliphatic carbocycles. The van der Waals surface area contributed by atoms with Gasteiger partial charge in [0, 0.05) is 31.0 Å². The van der Waals surface area contributed by atoms with Crippen LogP contribution >= 0.6 is 0 Å². The second kappa shape index (κ2) is 7.01. The molecule has 0 fully saturated rings. The van der Waals surface area contributed by atoms with Crippen molar-refractivity contribution in [1.82, 2.24) is 15.6 Å². The molecule has 2 heterocycles. The fourth-order valence-electron chi connectivity index (χ4n) is 2.69. The van der Waals surface area contributed by atoms with Gasteiger partial charge in [-0.1, -0.05) is 6.07 Å². The predicted molar refractivity (Wildman–Crippen MR) is 94.7 cm³/mol. The van der Waals surface area contributed by atoms with Crippen molar-refractivity contribution in [3.8, 4) is 16.9 Å². The zero-order chi connectivity index (χ0) is 17.8. The highest BCUT2D eigenvalue weighted by Gasteiger charge is 2.23. The van der Waals surface area contributed by atoms with Crippen molar-refractivity contribution in [2.75, 3.05) is 13.1 Å². The molecule has 1 amide bonds. The van der Waals surface area contributed by atoms with E-state index in [0.717, 1.165) is 18.5 Å². The quantitative estimate of drug-likeness (QED) is 0.735. The molecule has 1 aliphatic heterocycles. The molecule has 2 aromatic rings. The summed E-state index contributed by atoms with van der Waals surface area (Å²) in [5.41, 5.74) is 2.17. The zero-order valence-electron chi connectivity index (χ0n) is 13.7. The van der Waals surface area contributed by atoms with Crippen molar-refractivity contribution in [2.45, 2.75) is 13.3 Å². The molecule has 0 radical (unpaired) electrons. The number of pyridine rings is 1. The van der Waals surface area contributed by atoms with Gasteiger partial charge in [0.1, 0.15) is 5.75 Å². The standard InChI is InChI=1S/C18H17N5O2/c1-11-6-9-20-10-12(11)15-13(19-2)4-5-14(24)16(15)17(25)23-18-21-7-3-8-22-18/h4-6,9-10,24H,3,7-8H2,1H3,(H2,21,22,23,25).